The van der Waals surface area contributed by atoms with E-state index in [-0.39, 0.29) is 11.8 Å². The molecule has 3 aromatic rings. The molecule has 6 heteroatoms. The van der Waals surface area contributed by atoms with E-state index in [9.17, 15) is 9.59 Å². The van der Waals surface area contributed by atoms with Crippen LogP contribution in [0.15, 0.2) is 66.9 Å². The first-order chi connectivity index (χ1) is 14.0. The van der Waals surface area contributed by atoms with E-state index in [1.54, 1.807) is 36.5 Å². The van der Waals surface area contributed by atoms with Gasteiger partial charge in [-0.25, -0.2) is 4.98 Å². The second kappa shape index (κ2) is 9.01. The van der Waals surface area contributed by atoms with E-state index in [1.165, 1.54) is 12.5 Å². The largest absolute Gasteiger partial charge is 0.341 e. The van der Waals surface area contributed by atoms with Gasteiger partial charge in [-0.15, -0.1) is 0 Å². The molecule has 0 saturated carbocycles. The predicted octanol–water partition coefficient (Wildman–Crippen LogP) is 4.76. The summed E-state index contributed by atoms with van der Waals surface area (Å²) in [5, 5.41) is 5.50. The number of nitrogens with zero attached hydrogens (tertiary/aromatic N) is 2. The lowest BCUT2D eigenvalue weighted by Gasteiger charge is -2.23. The van der Waals surface area contributed by atoms with Crippen LogP contribution < -0.4 is 15.5 Å². The third-order valence-corrected chi connectivity index (χ3v) is 4.38. The SMILES string of the molecule is CCN(c1ccc(C(=O)Nc2ccc(NC(C)=O)cc2)nc1)c1cccc(C)c1. The summed E-state index contributed by atoms with van der Waals surface area (Å²) in [4.78, 5) is 30.0. The molecule has 0 radical (unpaired) electrons. The van der Waals surface area contributed by atoms with Crippen LogP contribution in [0.3, 0.4) is 0 Å². The van der Waals surface area contributed by atoms with Crippen LogP contribution in [-0.2, 0) is 4.79 Å². The van der Waals surface area contributed by atoms with Gasteiger partial charge < -0.3 is 15.5 Å². The monoisotopic (exact) mass is 388 g/mol. The van der Waals surface area contributed by atoms with E-state index in [1.807, 2.05) is 12.1 Å². The molecule has 2 aromatic carbocycles. The van der Waals surface area contributed by atoms with Gasteiger partial charge >= 0.3 is 0 Å². The Balaban J connectivity index is 1.70. The van der Waals surface area contributed by atoms with Crippen LogP contribution in [-0.4, -0.2) is 23.3 Å². The van der Waals surface area contributed by atoms with Crippen molar-refractivity contribution < 1.29 is 9.59 Å². The molecule has 3 rings (SSSR count). The molecular weight excluding hydrogens is 364 g/mol. The number of hydrogen-bond donors (Lipinski definition) is 2. The predicted molar refractivity (Wildman–Crippen MR) is 117 cm³/mol. The zero-order chi connectivity index (χ0) is 20.8. The molecule has 0 bridgehead atoms. The van der Waals surface area contributed by atoms with Gasteiger partial charge in [-0.05, 0) is 67.9 Å². The standard InChI is InChI=1S/C23H24N4O2/c1-4-27(20-7-5-6-16(2)14-20)21-12-13-22(24-15-21)23(29)26-19-10-8-18(9-11-19)25-17(3)28/h5-15H,4H2,1-3H3,(H,25,28)(H,26,29). The number of anilines is 4. The lowest BCUT2D eigenvalue weighted by molar-refractivity contribution is -0.114. The zero-order valence-corrected chi connectivity index (χ0v) is 16.8. The zero-order valence-electron chi connectivity index (χ0n) is 16.8. The summed E-state index contributed by atoms with van der Waals surface area (Å²) in [7, 11) is 0. The molecule has 148 valence electrons. The van der Waals surface area contributed by atoms with Crippen LogP contribution in [0.4, 0.5) is 22.7 Å². The van der Waals surface area contributed by atoms with E-state index < -0.39 is 0 Å². The summed E-state index contributed by atoms with van der Waals surface area (Å²) >= 11 is 0. The van der Waals surface area contributed by atoms with Crippen molar-refractivity contribution in [3.05, 3.63) is 78.1 Å². The topological polar surface area (TPSA) is 74.3 Å². The molecule has 0 aliphatic heterocycles. The van der Waals surface area contributed by atoms with Crippen molar-refractivity contribution in [2.24, 2.45) is 0 Å². The number of carbonyl (C=O) groups is 2. The molecule has 2 N–H and O–H groups in total. The third-order valence-electron chi connectivity index (χ3n) is 4.38. The van der Waals surface area contributed by atoms with Gasteiger partial charge in [0.1, 0.15) is 5.69 Å². The first kappa shape index (κ1) is 20.1. The lowest BCUT2D eigenvalue weighted by atomic mass is 10.2. The summed E-state index contributed by atoms with van der Waals surface area (Å²) in [5.74, 6) is -0.430. The molecule has 0 atom stereocenters. The smallest absolute Gasteiger partial charge is 0.274 e. The molecule has 2 amide bonds. The maximum absolute atomic E-state index is 12.5. The summed E-state index contributed by atoms with van der Waals surface area (Å²) < 4.78 is 0. The van der Waals surface area contributed by atoms with Gasteiger partial charge in [0.05, 0.1) is 11.9 Å². The summed E-state index contributed by atoms with van der Waals surface area (Å²) in [5.41, 5.74) is 4.84. The van der Waals surface area contributed by atoms with Crippen molar-refractivity contribution in [3.63, 3.8) is 0 Å². The van der Waals surface area contributed by atoms with Gasteiger partial charge in [0.25, 0.3) is 5.91 Å². The fraction of sp³-hybridized carbons (Fsp3) is 0.174. The van der Waals surface area contributed by atoms with Crippen molar-refractivity contribution in [3.8, 4) is 0 Å². The molecule has 6 nitrogen and oxygen atoms in total. The van der Waals surface area contributed by atoms with E-state index in [0.29, 0.717) is 17.1 Å². The highest BCUT2D eigenvalue weighted by Crippen LogP contribution is 2.25. The molecule has 1 aromatic heterocycles. The fourth-order valence-electron chi connectivity index (χ4n) is 3.03. The van der Waals surface area contributed by atoms with E-state index in [4.69, 9.17) is 0 Å². The normalized spacial score (nSPS) is 10.3. The second-order valence-electron chi connectivity index (χ2n) is 6.70. The summed E-state index contributed by atoms with van der Waals surface area (Å²) in [6.45, 7) is 6.38. The average molecular weight is 388 g/mol. The Morgan fingerprint density at radius 3 is 2.17 bits per heavy atom. The number of amides is 2. The van der Waals surface area contributed by atoms with Crippen LogP contribution in [0, 0.1) is 6.92 Å². The van der Waals surface area contributed by atoms with E-state index in [2.05, 4.69) is 52.6 Å². The molecule has 0 saturated heterocycles. The van der Waals surface area contributed by atoms with Gasteiger partial charge in [0.2, 0.25) is 5.91 Å². The lowest BCUT2D eigenvalue weighted by Crippen LogP contribution is -2.18. The van der Waals surface area contributed by atoms with Crippen molar-refractivity contribution in [1.82, 2.24) is 4.98 Å². The van der Waals surface area contributed by atoms with Crippen LogP contribution >= 0.6 is 0 Å². The molecule has 29 heavy (non-hydrogen) atoms. The Kier molecular flexibility index (Phi) is 6.24. The number of carbonyl (C=O) groups excluding carboxylic acids is 2. The first-order valence-electron chi connectivity index (χ1n) is 9.45. The molecule has 0 aliphatic rings. The van der Waals surface area contributed by atoms with Gasteiger partial charge in [-0.2, -0.15) is 0 Å². The highest BCUT2D eigenvalue weighted by molar-refractivity contribution is 6.03. The van der Waals surface area contributed by atoms with Crippen molar-refractivity contribution in [2.75, 3.05) is 22.1 Å². The van der Waals surface area contributed by atoms with Gasteiger partial charge in [0.15, 0.2) is 0 Å². The number of aryl methyl sites for hydroxylation is 1. The fourth-order valence-corrected chi connectivity index (χ4v) is 3.03. The number of pyridine rings is 1. The summed E-state index contributed by atoms with van der Waals surface area (Å²) in [6.07, 6.45) is 1.71. The van der Waals surface area contributed by atoms with Gasteiger partial charge in [-0.1, -0.05) is 12.1 Å². The van der Waals surface area contributed by atoms with Crippen LogP contribution in [0.25, 0.3) is 0 Å². The van der Waals surface area contributed by atoms with Gasteiger partial charge in [0, 0.05) is 30.5 Å². The minimum Gasteiger partial charge on any atom is -0.341 e. The van der Waals surface area contributed by atoms with Crippen molar-refractivity contribution >= 4 is 34.6 Å². The van der Waals surface area contributed by atoms with Gasteiger partial charge in [-0.3, -0.25) is 9.59 Å². The van der Waals surface area contributed by atoms with Crippen molar-refractivity contribution in [2.45, 2.75) is 20.8 Å². The molecular formula is C23H24N4O2. The minimum atomic E-state index is -0.289. The third kappa shape index (κ3) is 5.19. The van der Waals surface area contributed by atoms with Crippen LogP contribution in [0.1, 0.15) is 29.9 Å². The Bertz CT molecular complexity index is 998. The highest BCUT2D eigenvalue weighted by Gasteiger charge is 2.11. The summed E-state index contributed by atoms with van der Waals surface area (Å²) in [6, 6.07) is 18.8. The maximum atomic E-state index is 12.5. The second-order valence-corrected chi connectivity index (χ2v) is 6.70. The van der Waals surface area contributed by atoms with E-state index >= 15 is 0 Å². The molecule has 0 fully saturated rings. The molecule has 0 aliphatic carbocycles. The Morgan fingerprint density at radius 1 is 0.931 bits per heavy atom. The Hall–Kier alpha value is -3.67. The van der Waals surface area contributed by atoms with Crippen LogP contribution in [0.2, 0.25) is 0 Å². The molecule has 1 heterocycles. The molecule has 0 unspecified atom stereocenters. The highest BCUT2D eigenvalue weighted by atomic mass is 16.2. The Labute approximate surface area is 170 Å². The number of nitrogens with one attached hydrogen (secondary N) is 2. The Morgan fingerprint density at radius 2 is 1.62 bits per heavy atom. The number of aromatic nitrogens is 1. The maximum Gasteiger partial charge on any atom is 0.274 e. The van der Waals surface area contributed by atoms with E-state index in [0.717, 1.165) is 17.9 Å². The number of benzene rings is 2. The average Bonchev–Trinajstić information content (AvgIpc) is 2.70. The first-order valence-corrected chi connectivity index (χ1v) is 9.45. The number of hydrogen-bond acceptors (Lipinski definition) is 4. The molecule has 0 spiro atoms. The van der Waals surface area contributed by atoms with Crippen LogP contribution in [0.5, 0.6) is 0 Å². The minimum absolute atomic E-state index is 0.141. The number of rotatable bonds is 6. The quantitative estimate of drug-likeness (QED) is 0.638. The van der Waals surface area contributed by atoms with Crippen molar-refractivity contribution in [1.29, 1.82) is 0 Å².